The molecule has 0 bridgehead atoms. The van der Waals surface area contributed by atoms with Gasteiger partial charge in [-0.1, -0.05) is 30.3 Å². The molecule has 7 nitrogen and oxygen atoms in total. The maximum Gasteiger partial charge on any atom is 0.265 e. The van der Waals surface area contributed by atoms with Crippen molar-refractivity contribution in [2.75, 3.05) is 0 Å². The summed E-state index contributed by atoms with van der Waals surface area (Å²) in [6, 6.07) is 11.2. The SMILES string of the molecule is N#Cc1ncn(CC(=O)NOCc2ccccc2)n1. The van der Waals surface area contributed by atoms with Crippen molar-refractivity contribution in [3.05, 3.63) is 48.0 Å². The Labute approximate surface area is 109 Å². The Bertz CT molecular complexity index is 588. The summed E-state index contributed by atoms with van der Waals surface area (Å²) in [5.41, 5.74) is 3.25. The summed E-state index contributed by atoms with van der Waals surface area (Å²) in [7, 11) is 0. The fraction of sp³-hybridized carbons (Fsp3) is 0.167. The number of amides is 1. The third kappa shape index (κ3) is 3.90. The van der Waals surface area contributed by atoms with E-state index in [0.29, 0.717) is 0 Å². The van der Waals surface area contributed by atoms with Crippen LogP contribution in [0.15, 0.2) is 36.7 Å². The summed E-state index contributed by atoms with van der Waals surface area (Å²) >= 11 is 0. The molecule has 19 heavy (non-hydrogen) atoms. The summed E-state index contributed by atoms with van der Waals surface area (Å²) in [4.78, 5) is 20.2. The van der Waals surface area contributed by atoms with Crippen LogP contribution < -0.4 is 5.48 Å². The van der Waals surface area contributed by atoms with E-state index in [1.54, 1.807) is 6.07 Å². The zero-order valence-electron chi connectivity index (χ0n) is 9.98. The molecule has 96 valence electrons. The molecule has 1 N–H and O–H groups in total. The van der Waals surface area contributed by atoms with Crippen molar-refractivity contribution in [3.8, 4) is 6.07 Å². The second kappa shape index (κ2) is 6.28. The quantitative estimate of drug-likeness (QED) is 0.782. The van der Waals surface area contributed by atoms with Crippen molar-refractivity contribution in [1.29, 1.82) is 5.26 Å². The standard InChI is InChI=1S/C12H11N5O2/c13-6-11-14-9-17(15-11)7-12(18)16-19-8-10-4-2-1-3-5-10/h1-5,9H,7-8H2,(H,16,18). The summed E-state index contributed by atoms with van der Waals surface area (Å²) in [5, 5.41) is 12.3. The van der Waals surface area contributed by atoms with Gasteiger partial charge in [0.2, 0.25) is 0 Å². The van der Waals surface area contributed by atoms with Gasteiger partial charge in [-0.25, -0.2) is 15.1 Å². The van der Waals surface area contributed by atoms with Crippen LogP contribution >= 0.6 is 0 Å². The number of hydrogen-bond acceptors (Lipinski definition) is 5. The molecule has 0 unspecified atom stereocenters. The second-order valence-electron chi connectivity index (χ2n) is 3.68. The van der Waals surface area contributed by atoms with Crippen molar-refractivity contribution in [1.82, 2.24) is 20.2 Å². The molecule has 1 aromatic carbocycles. The molecule has 1 heterocycles. The molecule has 2 aromatic rings. The minimum absolute atomic E-state index is 0.0259. The van der Waals surface area contributed by atoms with Gasteiger partial charge in [0.25, 0.3) is 11.7 Å². The number of hydroxylamine groups is 1. The van der Waals surface area contributed by atoms with Crippen molar-refractivity contribution < 1.29 is 9.63 Å². The van der Waals surface area contributed by atoms with Gasteiger partial charge in [-0.05, 0) is 5.56 Å². The first-order valence-electron chi connectivity index (χ1n) is 5.52. The van der Waals surface area contributed by atoms with Gasteiger partial charge in [0.05, 0.1) is 6.61 Å². The molecule has 0 atom stereocenters. The fourth-order valence-corrected chi connectivity index (χ4v) is 1.38. The van der Waals surface area contributed by atoms with E-state index in [2.05, 4.69) is 15.6 Å². The highest BCUT2D eigenvalue weighted by molar-refractivity contribution is 5.74. The van der Waals surface area contributed by atoms with Gasteiger partial charge in [0, 0.05) is 0 Å². The number of hydrogen-bond donors (Lipinski definition) is 1. The number of nitrogens with one attached hydrogen (secondary N) is 1. The van der Waals surface area contributed by atoms with Crippen LogP contribution in [0, 0.1) is 11.3 Å². The van der Waals surface area contributed by atoms with Crippen LogP contribution in [0.4, 0.5) is 0 Å². The van der Waals surface area contributed by atoms with Gasteiger partial charge < -0.3 is 0 Å². The number of carbonyl (C=O) groups excluding carboxylic acids is 1. The molecule has 0 fully saturated rings. The molecule has 0 aliphatic carbocycles. The Hall–Kier alpha value is -2.72. The number of benzene rings is 1. The van der Waals surface area contributed by atoms with E-state index in [9.17, 15) is 4.79 Å². The molecule has 0 saturated heterocycles. The summed E-state index contributed by atoms with van der Waals surface area (Å²) in [5.74, 6) is -0.344. The van der Waals surface area contributed by atoms with Crippen molar-refractivity contribution in [2.45, 2.75) is 13.2 Å². The Morgan fingerprint density at radius 2 is 2.21 bits per heavy atom. The highest BCUT2D eigenvalue weighted by Gasteiger charge is 2.05. The van der Waals surface area contributed by atoms with Crippen LogP contribution in [0.2, 0.25) is 0 Å². The molecular formula is C12H11N5O2. The van der Waals surface area contributed by atoms with Crippen molar-refractivity contribution >= 4 is 5.91 Å². The van der Waals surface area contributed by atoms with E-state index < -0.39 is 0 Å². The molecule has 7 heteroatoms. The zero-order chi connectivity index (χ0) is 13.5. The van der Waals surface area contributed by atoms with Crippen molar-refractivity contribution in [3.63, 3.8) is 0 Å². The number of rotatable bonds is 5. The van der Waals surface area contributed by atoms with E-state index in [1.807, 2.05) is 30.3 Å². The van der Waals surface area contributed by atoms with E-state index >= 15 is 0 Å². The first-order chi connectivity index (χ1) is 9.28. The first-order valence-corrected chi connectivity index (χ1v) is 5.52. The number of carbonyl (C=O) groups is 1. The monoisotopic (exact) mass is 257 g/mol. The minimum atomic E-state index is -0.370. The molecule has 0 aliphatic rings. The smallest absolute Gasteiger partial charge is 0.265 e. The minimum Gasteiger partial charge on any atom is -0.271 e. The summed E-state index contributed by atoms with van der Waals surface area (Å²) in [6.45, 7) is 0.233. The van der Waals surface area contributed by atoms with Gasteiger partial charge >= 0.3 is 0 Å². The average molecular weight is 257 g/mol. The maximum absolute atomic E-state index is 11.5. The molecule has 0 aliphatic heterocycles. The maximum atomic E-state index is 11.5. The molecule has 1 aromatic heterocycles. The van der Waals surface area contributed by atoms with Crippen LogP contribution in [0.3, 0.4) is 0 Å². The second-order valence-corrected chi connectivity index (χ2v) is 3.68. The molecule has 0 spiro atoms. The highest BCUT2D eigenvalue weighted by Crippen LogP contribution is 1.98. The van der Waals surface area contributed by atoms with Crippen LogP contribution in [0.1, 0.15) is 11.4 Å². The molecule has 2 rings (SSSR count). The summed E-state index contributed by atoms with van der Waals surface area (Å²) in [6.07, 6.45) is 1.31. The summed E-state index contributed by atoms with van der Waals surface area (Å²) < 4.78 is 1.26. The van der Waals surface area contributed by atoms with Crippen LogP contribution in [-0.2, 0) is 22.8 Å². The predicted molar refractivity (Wildman–Crippen MR) is 64.1 cm³/mol. The third-order valence-electron chi connectivity index (χ3n) is 2.21. The number of nitriles is 1. The molecule has 0 radical (unpaired) electrons. The van der Waals surface area contributed by atoms with E-state index in [1.165, 1.54) is 11.0 Å². The lowest BCUT2D eigenvalue weighted by atomic mass is 10.2. The Morgan fingerprint density at radius 1 is 1.42 bits per heavy atom. The predicted octanol–water partition coefficient (Wildman–Crippen LogP) is 0.398. The largest absolute Gasteiger partial charge is 0.271 e. The van der Waals surface area contributed by atoms with Gasteiger partial charge in [-0.3, -0.25) is 9.63 Å². The van der Waals surface area contributed by atoms with Gasteiger partial charge in [0.15, 0.2) is 0 Å². The number of aromatic nitrogens is 3. The highest BCUT2D eigenvalue weighted by atomic mass is 16.6. The Balaban J connectivity index is 1.74. The van der Waals surface area contributed by atoms with Crippen molar-refractivity contribution in [2.24, 2.45) is 0 Å². The van der Waals surface area contributed by atoms with Crippen LogP contribution in [0.5, 0.6) is 0 Å². The Morgan fingerprint density at radius 3 is 2.89 bits per heavy atom. The third-order valence-corrected chi connectivity index (χ3v) is 2.21. The topological polar surface area (TPSA) is 92.8 Å². The van der Waals surface area contributed by atoms with Gasteiger partial charge in [0.1, 0.15) is 18.9 Å². The van der Waals surface area contributed by atoms with E-state index in [0.717, 1.165) is 5.56 Å². The fourth-order valence-electron chi connectivity index (χ4n) is 1.38. The number of nitrogens with zero attached hydrogens (tertiary/aromatic N) is 4. The van der Waals surface area contributed by atoms with Gasteiger partial charge in [-0.2, -0.15) is 5.26 Å². The lowest BCUT2D eigenvalue weighted by molar-refractivity contribution is -0.135. The lowest BCUT2D eigenvalue weighted by Gasteiger charge is -2.05. The molecule has 0 saturated carbocycles. The lowest BCUT2D eigenvalue weighted by Crippen LogP contribution is -2.27. The van der Waals surface area contributed by atoms with Crippen LogP contribution in [0.25, 0.3) is 0 Å². The van der Waals surface area contributed by atoms with Crippen LogP contribution in [-0.4, -0.2) is 20.7 Å². The van der Waals surface area contributed by atoms with E-state index in [-0.39, 0.29) is 24.9 Å². The van der Waals surface area contributed by atoms with E-state index in [4.69, 9.17) is 10.1 Å². The van der Waals surface area contributed by atoms with Gasteiger partial charge in [-0.15, -0.1) is 5.10 Å². The normalized spacial score (nSPS) is 9.84. The molecular weight excluding hydrogens is 246 g/mol. The zero-order valence-corrected chi connectivity index (χ0v) is 9.98. The Kier molecular flexibility index (Phi) is 4.21. The first kappa shape index (κ1) is 12.7. The average Bonchev–Trinajstić information content (AvgIpc) is 2.87. The molecule has 1 amide bonds.